The van der Waals surface area contributed by atoms with Crippen LogP contribution in [0, 0.1) is 17.6 Å². The van der Waals surface area contributed by atoms with Gasteiger partial charge in [-0.2, -0.15) is 5.10 Å². The number of allylic oxidation sites excluding steroid dienone is 1. The average Bonchev–Trinajstić information content (AvgIpc) is 2.60. The smallest absolute Gasteiger partial charge is 0.199 e. The summed E-state index contributed by atoms with van der Waals surface area (Å²) < 4.78 is 4.75. The second-order valence-electron chi connectivity index (χ2n) is 5.17. The molecule has 1 aromatic heterocycles. The molecule has 0 atom stereocenters. The van der Waals surface area contributed by atoms with Crippen molar-refractivity contribution >= 4 is 12.2 Å². The van der Waals surface area contributed by atoms with Crippen molar-refractivity contribution in [1.82, 2.24) is 19.2 Å². The van der Waals surface area contributed by atoms with Gasteiger partial charge in [-0.1, -0.05) is 13.0 Å². The Balaban J connectivity index is 2.08. The first-order valence-corrected chi connectivity index (χ1v) is 7.00. The van der Waals surface area contributed by atoms with Crippen LogP contribution in [0.25, 0.3) is 0 Å². The molecule has 0 amide bonds. The third-order valence-corrected chi connectivity index (χ3v) is 4.06. The van der Waals surface area contributed by atoms with Gasteiger partial charge in [0.25, 0.3) is 0 Å². The van der Waals surface area contributed by atoms with E-state index in [0.29, 0.717) is 0 Å². The molecule has 18 heavy (non-hydrogen) atoms. The molecule has 0 saturated carbocycles. The summed E-state index contributed by atoms with van der Waals surface area (Å²) in [6.45, 7) is 11.9. The standard InChI is InChI=1S/C13H22N4S/c1-4-7-16-12(3)14-17(13(16)18)10-15-8-5-11(2)6-9-15/h4,11H,1,5-10H2,2-3H3. The van der Waals surface area contributed by atoms with Crippen LogP contribution >= 0.6 is 12.2 Å². The Kier molecular flexibility index (Phi) is 4.35. The van der Waals surface area contributed by atoms with Gasteiger partial charge in [0.15, 0.2) is 4.77 Å². The molecule has 4 nitrogen and oxygen atoms in total. The quantitative estimate of drug-likeness (QED) is 0.619. The van der Waals surface area contributed by atoms with E-state index < -0.39 is 0 Å². The lowest BCUT2D eigenvalue weighted by Gasteiger charge is -2.29. The van der Waals surface area contributed by atoms with Crippen LogP contribution in [-0.2, 0) is 13.2 Å². The summed E-state index contributed by atoms with van der Waals surface area (Å²) in [6.07, 6.45) is 4.41. The van der Waals surface area contributed by atoms with Crippen LogP contribution in [0.5, 0.6) is 0 Å². The first kappa shape index (κ1) is 13.5. The van der Waals surface area contributed by atoms with Gasteiger partial charge in [0, 0.05) is 19.6 Å². The topological polar surface area (TPSA) is 26.0 Å². The van der Waals surface area contributed by atoms with Gasteiger partial charge in [0.1, 0.15) is 5.82 Å². The summed E-state index contributed by atoms with van der Waals surface area (Å²) in [7, 11) is 0. The molecule has 0 unspecified atom stereocenters. The van der Waals surface area contributed by atoms with Gasteiger partial charge in [0.2, 0.25) is 0 Å². The Morgan fingerprint density at radius 2 is 2.11 bits per heavy atom. The van der Waals surface area contributed by atoms with E-state index in [2.05, 4.69) is 23.5 Å². The molecule has 2 heterocycles. The third-order valence-electron chi connectivity index (χ3n) is 3.63. The minimum atomic E-state index is 0.738. The molecule has 0 radical (unpaired) electrons. The van der Waals surface area contributed by atoms with Crippen LogP contribution in [-0.4, -0.2) is 32.3 Å². The molecule has 0 spiro atoms. The first-order valence-electron chi connectivity index (χ1n) is 6.59. The van der Waals surface area contributed by atoms with E-state index in [-0.39, 0.29) is 0 Å². The number of nitrogens with zero attached hydrogens (tertiary/aromatic N) is 4. The second kappa shape index (κ2) is 5.80. The van der Waals surface area contributed by atoms with Crippen LogP contribution < -0.4 is 0 Å². The zero-order valence-electron chi connectivity index (χ0n) is 11.3. The number of rotatable bonds is 4. The second-order valence-corrected chi connectivity index (χ2v) is 5.54. The summed E-state index contributed by atoms with van der Waals surface area (Å²) in [5.74, 6) is 1.82. The number of aryl methyl sites for hydroxylation is 1. The maximum Gasteiger partial charge on any atom is 0.199 e. The lowest BCUT2D eigenvalue weighted by atomic mass is 10.00. The number of aromatic nitrogens is 3. The van der Waals surface area contributed by atoms with Crippen LogP contribution in [0.1, 0.15) is 25.6 Å². The number of likely N-dealkylation sites (tertiary alicyclic amines) is 1. The molecule has 1 aromatic rings. The van der Waals surface area contributed by atoms with E-state index in [4.69, 9.17) is 12.2 Å². The van der Waals surface area contributed by atoms with Gasteiger partial charge in [-0.3, -0.25) is 4.90 Å². The highest BCUT2D eigenvalue weighted by atomic mass is 32.1. The largest absolute Gasteiger partial charge is 0.300 e. The first-order chi connectivity index (χ1) is 8.61. The van der Waals surface area contributed by atoms with Crippen molar-refractivity contribution < 1.29 is 0 Å². The van der Waals surface area contributed by atoms with Crippen LogP contribution in [0.2, 0.25) is 0 Å². The van der Waals surface area contributed by atoms with Gasteiger partial charge in [-0.05, 0) is 37.9 Å². The maximum absolute atomic E-state index is 5.46. The van der Waals surface area contributed by atoms with E-state index in [1.54, 1.807) is 0 Å². The summed E-state index contributed by atoms with van der Waals surface area (Å²) in [5.41, 5.74) is 0. The molecule has 5 heteroatoms. The fourth-order valence-corrected chi connectivity index (χ4v) is 2.68. The zero-order valence-corrected chi connectivity index (χ0v) is 12.1. The molecule has 1 aliphatic heterocycles. The lowest BCUT2D eigenvalue weighted by Crippen LogP contribution is -2.34. The zero-order chi connectivity index (χ0) is 13.1. The summed E-state index contributed by atoms with van der Waals surface area (Å²) in [4.78, 5) is 2.43. The highest BCUT2D eigenvalue weighted by molar-refractivity contribution is 7.71. The van der Waals surface area contributed by atoms with E-state index in [0.717, 1.165) is 42.8 Å². The van der Waals surface area contributed by atoms with Gasteiger partial charge in [-0.15, -0.1) is 6.58 Å². The summed E-state index contributed by atoms with van der Waals surface area (Å²) in [5, 5.41) is 4.53. The highest BCUT2D eigenvalue weighted by Gasteiger charge is 2.17. The molecule has 100 valence electrons. The molecule has 1 saturated heterocycles. The highest BCUT2D eigenvalue weighted by Crippen LogP contribution is 2.16. The van der Waals surface area contributed by atoms with Crippen molar-refractivity contribution in [3.63, 3.8) is 0 Å². The Bertz CT molecular complexity index is 466. The Morgan fingerprint density at radius 3 is 2.72 bits per heavy atom. The Morgan fingerprint density at radius 1 is 1.44 bits per heavy atom. The maximum atomic E-state index is 5.46. The molecule has 0 aliphatic carbocycles. The molecule has 0 aromatic carbocycles. The summed E-state index contributed by atoms with van der Waals surface area (Å²) >= 11 is 5.46. The Labute approximate surface area is 114 Å². The van der Waals surface area contributed by atoms with Crippen molar-refractivity contribution in [2.24, 2.45) is 5.92 Å². The van der Waals surface area contributed by atoms with Gasteiger partial charge in [-0.25, -0.2) is 4.68 Å². The molecular weight excluding hydrogens is 244 g/mol. The van der Waals surface area contributed by atoms with E-state index in [1.807, 2.05) is 22.2 Å². The third kappa shape index (κ3) is 2.90. The predicted octanol–water partition coefficient (Wildman–Crippen LogP) is 2.60. The minimum absolute atomic E-state index is 0.738. The van der Waals surface area contributed by atoms with Crippen LogP contribution in [0.15, 0.2) is 12.7 Å². The SMILES string of the molecule is C=CCn1c(C)nn(CN2CCC(C)CC2)c1=S. The monoisotopic (exact) mass is 266 g/mol. The number of hydrogen-bond donors (Lipinski definition) is 0. The van der Waals surface area contributed by atoms with Gasteiger partial charge in [0.05, 0.1) is 6.67 Å². The van der Waals surface area contributed by atoms with Crippen LogP contribution in [0.3, 0.4) is 0 Å². The number of hydrogen-bond acceptors (Lipinski definition) is 3. The molecular formula is C13H22N4S. The Hall–Kier alpha value is -0.940. The minimum Gasteiger partial charge on any atom is -0.300 e. The molecule has 0 bridgehead atoms. The van der Waals surface area contributed by atoms with Crippen LogP contribution in [0.4, 0.5) is 0 Å². The molecule has 0 N–H and O–H groups in total. The lowest BCUT2D eigenvalue weighted by molar-refractivity contribution is 0.145. The fraction of sp³-hybridized carbons (Fsp3) is 0.692. The fourth-order valence-electron chi connectivity index (χ4n) is 2.37. The molecule has 1 aliphatic rings. The van der Waals surface area contributed by atoms with Gasteiger partial charge >= 0.3 is 0 Å². The molecule has 1 fully saturated rings. The van der Waals surface area contributed by atoms with E-state index in [9.17, 15) is 0 Å². The van der Waals surface area contributed by atoms with Crippen molar-refractivity contribution in [2.45, 2.75) is 39.9 Å². The van der Waals surface area contributed by atoms with Crippen molar-refractivity contribution in [1.29, 1.82) is 0 Å². The van der Waals surface area contributed by atoms with Crippen molar-refractivity contribution in [3.05, 3.63) is 23.3 Å². The molecule has 2 rings (SSSR count). The normalized spacial score (nSPS) is 18.1. The van der Waals surface area contributed by atoms with E-state index in [1.165, 1.54) is 12.8 Å². The summed E-state index contributed by atoms with van der Waals surface area (Å²) in [6, 6.07) is 0. The van der Waals surface area contributed by atoms with E-state index >= 15 is 0 Å². The average molecular weight is 266 g/mol. The van der Waals surface area contributed by atoms with Crippen molar-refractivity contribution in [2.75, 3.05) is 13.1 Å². The number of piperidine rings is 1. The predicted molar refractivity (Wildman–Crippen MR) is 76.0 cm³/mol. The van der Waals surface area contributed by atoms with Gasteiger partial charge < -0.3 is 4.57 Å². The van der Waals surface area contributed by atoms with Crippen molar-refractivity contribution in [3.8, 4) is 0 Å².